The Labute approximate surface area is 134 Å². The van der Waals surface area contributed by atoms with Crippen LogP contribution in [0.5, 0.6) is 0 Å². The molecule has 0 aliphatic rings. The molecule has 0 saturated carbocycles. The van der Waals surface area contributed by atoms with Crippen LogP contribution in [0.2, 0.25) is 0 Å². The first-order valence-electron chi connectivity index (χ1n) is 6.55. The minimum absolute atomic E-state index is 0.281. The zero-order valence-corrected chi connectivity index (χ0v) is 12.4. The molecular formula is C14H12F3N7. The monoisotopic (exact) mass is 335 g/mol. The Morgan fingerprint density at radius 3 is 2.46 bits per heavy atom. The van der Waals surface area contributed by atoms with Gasteiger partial charge in [0.2, 0.25) is 5.71 Å². The van der Waals surface area contributed by atoms with E-state index in [9.17, 15) is 13.2 Å². The van der Waals surface area contributed by atoms with Gasteiger partial charge in [0.05, 0.1) is 11.4 Å². The summed E-state index contributed by atoms with van der Waals surface area (Å²) in [7, 11) is 0. The Morgan fingerprint density at radius 2 is 2.00 bits per heavy atom. The van der Waals surface area contributed by atoms with E-state index in [-0.39, 0.29) is 5.71 Å². The van der Waals surface area contributed by atoms with Crippen LogP contribution in [0, 0.1) is 23.7 Å². The molecule has 1 aromatic carbocycles. The number of rotatable bonds is 4. The van der Waals surface area contributed by atoms with Gasteiger partial charge in [-0.25, -0.2) is 4.68 Å². The van der Waals surface area contributed by atoms with Crippen molar-refractivity contribution in [2.75, 3.05) is 5.43 Å². The fraction of sp³-hybridized carbons (Fsp3) is 0.143. The normalized spacial score (nSPS) is 11.9. The number of alkyl halides is 3. The van der Waals surface area contributed by atoms with Crippen molar-refractivity contribution in [2.45, 2.75) is 13.1 Å². The average Bonchev–Trinajstić information content (AvgIpc) is 2.90. The number of hydrogen-bond donors (Lipinski definition) is 3. The molecule has 0 unspecified atom stereocenters. The fourth-order valence-electron chi connectivity index (χ4n) is 1.82. The van der Waals surface area contributed by atoms with E-state index in [0.29, 0.717) is 17.1 Å². The average molecular weight is 335 g/mol. The quantitative estimate of drug-likeness (QED) is 0.452. The molecule has 0 aliphatic heterocycles. The van der Waals surface area contributed by atoms with Crippen molar-refractivity contribution in [3.63, 3.8) is 0 Å². The number of aromatic nitrogens is 2. The molecule has 0 bridgehead atoms. The predicted molar refractivity (Wildman–Crippen MR) is 81.9 cm³/mol. The molecule has 2 rings (SSSR count). The van der Waals surface area contributed by atoms with Crippen LogP contribution in [0.4, 0.5) is 18.9 Å². The topological polar surface area (TPSA) is 116 Å². The lowest BCUT2D eigenvalue weighted by molar-refractivity contribution is -0.141. The number of benzene rings is 1. The van der Waals surface area contributed by atoms with E-state index >= 15 is 0 Å². The highest BCUT2D eigenvalue weighted by Crippen LogP contribution is 2.29. The summed E-state index contributed by atoms with van der Waals surface area (Å²) in [5, 5.41) is 23.0. The van der Waals surface area contributed by atoms with Gasteiger partial charge in [0.25, 0.3) is 0 Å². The van der Waals surface area contributed by atoms with Gasteiger partial charge in [-0.15, -0.1) is 0 Å². The number of anilines is 1. The van der Waals surface area contributed by atoms with Crippen LogP contribution in [0.25, 0.3) is 5.69 Å². The van der Waals surface area contributed by atoms with Gasteiger partial charge in [0.15, 0.2) is 11.5 Å². The summed E-state index contributed by atoms with van der Waals surface area (Å²) in [5.41, 5.74) is 7.68. The van der Waals surface area contributed by atoms with Crippen molar-refractivity contribution in [3.8, 4) is 11.8 Å². The Hall–Kier alpha value is -3.35. The standard InChI is InChI=1S/C14H12F3N7/c1-8-6-12(14(15,16)17)23-24(8)10-4-2-9(3-5-10)21-22-11(7-18)13(19)20/h2-6,21H,1H3,(H3,19,20)/b22-11+. The molecule has 0 aliphatic carbocycles. The lowest BCUT2D eigenvalue weighted by Crippen LogP contribution is -2.21. The predicted octanol–water partition coefficient (Wildman–Crippen LogP) is 2.43. The lowest BCUT2D eigenvalue weighted by Gasteiger charge is -2.06. The first-order valence-corrected chi connectivity index (χ1v) is 6.55. The van der Waals surface area contributed by atoms with Crippen LogP contribution in [0.3, 0.4) is 0 Å². The Balaban J connectivity index is 2.23. The molecule has 1 aromatic heterocycles. The van der Waals surface area contributed by atoms with Crippen molar-refractivity contribution in [1.29, 1.82) is 10.7 Å². The van der Waals surface area contributed by atoms with Gasteiger partial charge in [-0.2, -0.15) is 28.6 Å². The van der Waals surface area contributed by atoms with Crippen LogP contribution in [-0.2, 0) is 6.18 Å². The number of hydrogen-bond acceptors (Lipinski definition) is 5. The summed E-state index contributed by atoms with van der Waals surface area (Å²) in [6, 6.07) is 8.78. The highest BCUT2D eigenvalue weighted by atomic mass is 19.4. The number of aryl methyl sites for hydroxylation is 1. The zero-order valence-electron chi connectivity index (χ0n) is 12.4. The number of nitrogens with two attached hydrogens (primary N) is 1. The molecule has 7 nitrogen and oxygen atoms in total. The summed E-state index contributed by atoms with van der Waals surface area (Å²) in [6.45, 7) is 1.52. The molecule has 24 heavy (non-hydrogen) atoms. The van der Waals surface area contributed by atoms with E-state index < -0.39 is 17.7 Å². The fourth-order valence-corrected chi connectivity index (χ4v) is 1.82. The van der Waals surface area contributed by atoms with Crippen LogP contribution in [-0.4, -0.2) is 21.3 Å². The Morgan fingerprint density at radius 1 is 1.38 bits per heavy atom. The van der Waals surface area contributed by atoms with Crippen molar-refractivity contribution in [2.24, 2.45) is 10.8 Å². The smallest absolute Gasteiger partial charge is 0.382 e. The molecule has 0 spiro atoms. The lowest BCUT2D eigenvalue weighted by atomic mass is 10.3. The van der Waals surface area contributed by atoms with Crippen LogP contribution in [0.15, 0.2) is 35.4 Å². The van der Waals surface area contributed by atoms with E-state index in [1.54, 1.807) is 18.2 Å². The van der Waals surface area contributed by atoms with Gasteiger partial charge < -0.3 is 5.73 Å². The van der Waals surface area contributed by atoms with Crippen molar-refractivity contribution >= 4 is 17.2 Å². The highest BCUT2D eigenvalue weighted by molar-refractivity contribution is 6.45. The van der Waals surface area contributed by atoms with E-state index in [1.807, 2.05) is 0 Å². The van der Waals surface area contributed by atoms with E-state index in [2.05, 4.69) is 15.6 Å². The summed E-state index contributed by atoms with van der Waals surface area (Å²) in [5.74, 6) is -0.478. The second-order valence-corrected chi connectivity index (χ2v) is 4.73. The summed E-state index contributed by atoms with van der Waals surface area (Å²) in [4.78, 5) is 0. The third-order valence-corrected chi connectivity index (χ3v) is 2.95. The number of nitriles is 1. The van der Waals surface area contributed by atoms with E-state index in [1.165, 1.54) is 23.7 Å². The first kappa shape index (κ1) is 17.0. The van der Waals surface area contributed by atoms with Crippen LogP contribution >= 0.6 is 0 Å². The molecule has 0 fully saturated rings. The maximum Gasteiger partial charge on any atom is 0.435 e. The molecule has 124 valence electrons. The largest absolute Gasteiger partial charge is 0.435 e. The Bertz CT molecular complexity index is 826. The van der Waals surface area contributed by atoms with Gasteiger partial charge in [-0.05, 0) is 37.3 Å². The van der Waals surface area contributed by atoms with Gasteiger partial charge in [-0.1, -0.05) is 0 Å². The van der Waals surface area contributed by atoms with Gasteiger partial charge in [0, 0.05) is 5.69 Å². The van der Waals surface area contributed by atoms with Crippen molar-refractivity contribution in [3.05, 3.63) is 41.7 Å². The second kappa shape index (κ2) is 6.41. The van der Waals surface area contributed by atoms with Crippen LogP contribution < -0.4 is 11.2 Å². The van der Waals surface area contributed by atoms with Crippen molar-refractivity contribution < 1.29 is 13.2 Å². The maximum atomic E-state index is 12.7. The number of nitrogens with zero attached hydrogens (tertiary/aromatic N) is 4. The Kier molecular flexibility index (Phi) is 4.54. The zero-order chi connectivity index (χ0) is 17.9. The van der Waals surface area contributed by atoms with E-state index in [0.717, 1.165) is 6.07 Å². The molecule has 1 heterocycles. The number of amidine groups is 1. The number of nitrogens with one attached hydrogen (secondary N) is 2. The molecule has 2 aromatic rings. The van der Waals surface area contributed by atoms with Crippen molar-refractivity contribution in [1.82, 2.24) is 9.78 Å². The molecule has 0 radical (unpaired) electrons. The molecular weight excluding hydrogens is 323 g/mol. The molecule has 4 N–H and O–H groups in total. The van der Waals surface area contributed by atoms with Gasteiger partial charge >= 0.3 is 6.18 Å². The number of halogens is 3. The first-order chi connectivity index (χ1) is 11.2. The third kappa shape index (κ3) is 3.70. The summed E-state index contributed by atoms with van der Waals surface area (Å²) < 4.78 is 39.2. The molecule has 0 atom stereocenters. The SMILES string of the molecule is Cc1cc(C(F)(F)F)nn1-c1ccc(N/N=C(\C#N)C(=N)N)cc1. The van der Waals surface area contributed by atoms with Gasteiger partial charge in [-0.3, -0.25) is 10.8 Å². The van der Waals surface area contributed by atoms with Crippen LogP contribution in [0.1, 0.15) is 11.4 Å². The van der Waals surface area contributed by atoms with E-state index in [4.69, 9.17) is 16.4 Å². The minimum atomic E-state index is -4.51. The third-order valence-electron chi connectivity index (χ3n) is 2.95. The molecule has 0 saturated heterocycles. The maximum absolute atomic E-state index is 12.7. The summed E-state index contributed by atoms with van der Waals surface area (Å²) >= 11 is 0. The van der Waals surface area contributed by atoms with Gasteiger partial charge in [0.1, 0.15) is 6.07 Å². The minimum Gasteiger partial charge on any atom is -0.382 e. The molecule has 0 amide bonds. The summed E-state index contributed by atoms with van der Waals surface area (Å²) in [6.07, 6.45) is -4.51. The number of hydrazone groups is 1. The molecule has 10 heteroatoms. The highest BCUT2D eigenvalue weighted by Gasteiger charge is 2.34. The second-order valence-electron chi connectivity index (χ2n) is 4.73.